The molecule has 0 N–H and O–H groups in total. The molecule has 0 fully saturated rings. The first-order valence-electron chi connectivity index (χ1n) is 3.64. The molecule has 0 atom stereocenters. The Labute approximate surface area is 66.7 Å². The summed E-state index contributed by atoms with van der Waals surface area (Å²) in [5.41, 5.74) is 1.06. The highest BCUT2D eigenvalue weighted by atomic mass is 16.7. The van der Waals surface area contributed by atoms with Gasteiger partial charge in [0.15, 0.2) is 6.61 Å². The summed E-state index contributed by atoms with van der Waals surface area (Å²) in [7, 11) is 0. The molecule has 2 nitrogen and oxygen atoms in total. The van der Waals surface area contributed by atoms with E-state index in [0.29, 0.717) is 6.61 Å². The predicted molar refractivity (Wildman–Crippen MR) is 43.8 cm³/mol. The largest absolute Gasteiger partial charge is 0.272 e. The Kier molecular flexibility index (Phi) is 2.66. The first kappa shape index (κ1) is 7.79. The fourth-order valence-electron chi connectivity index (χ4n) is 0.822. The molecule has 0 aromatic carbocycles. The third-order valence-electron chi connectivity index (χ3n) is 1.31. The topological polar surface area (TPSA) is 13.1 Å². The summed E-state index contributed by atoms with van der Waals surface area (Å²) in [4.78, 5) is 5.22. The molecule has 0 radical (unpaired) electrons. The number of nitrogens with zero attached hydrogens (tertiary/aromatic N) is 1. The van der Waals surface area contributed by atoms with E-state index in [0.717, 1.165) is 5.56 Å². The molecule has 0 aliphatic carbocycles. The van der Waals surface area contributed by atoms with Crippen molar-refractivity contribution in [1.29, 1.82) is 0 Å². The van der Waals surface area contributed by atoms with Crippen LogP contribution in [0.15, 0.2) is 31.1 Å². The lowest BCUT2D eigenvalue weighted by Gasteiger charge is -1.93. The monoisotopic (exact) mass is 150 g/mol. The van der Waals surface area contributed by atoms with Crippen LogP contribution in [0.5, 0.6) is 0 Å². The summed E-state index contributed by atoms with van der Waals surface area (Å²) in [6, 6.07) is 3.90. The van der Waals surface area contributed by atoms with Gasteiger partial charge in [0.25, 0.3) is 0 Å². The van der Waals surface area contributed by atoms with Gasteiger partial charge in [-0.15, -0.1) is 0 Å². The first-order valence-corrected chi connectivity index (χ1v) is 3.64. The zero-order chi connectivity index (χ0) is 8.10. The van der Waals surface area contributed by atoms with Crippen molar-refractivity contribution in [3.63, 3.8) is 0 Å². The van der Waals surface area contributed by atoms with Gasteiger partial charge in [0.1, 0.15) is 0 Å². The summed E-state index contributed by atoms with van der Waals surface area (Å²) < 4.78 is 1.68. The van der Waals surface area contributed by atoms with Crippen molar-refractivity contribution >= 4 is 6.08 Å². The molecule has 1 aromatic heterocycles. The van der Waals surface area contributed by atoms with Crippen molar-refractivity contribution in [2.45, 2.75) is 6.92 Å². The first-order chi connectivity index (χ1) is 5.36. The molecule has 58 valence electrons. The van der Waals surface area contributed by atoms with Gasteiger partial charge < -0.3 is 0 Å². The van der Waals surface area contributed by atoms with Crippen molar-refractivity contribution in [1.82, 2.24) is 0 Å². The van der Waals surface area contributed by atoms with Gasteiger partial charge in [-0.25, -0.2) is 0 Å². The van der Waals surface area contributed by atoms with Crippen LogP contribution in [0, 0.1) is 0 Å². The molecule has 0 aliphatic heterocycles. The second kappa shape index (κ2) is 3.76. The third-order valence-corrected chi connectivity index (χ3v) is 1.31. The minimum atomic E-state index is 0.672. The number of aromatic nitrogens is 1. The minimum Gasteiger partial charge on any atom is -0.272 e. The minimum absolute atomic E-state index is 0.672. The second-order valence-electron chi connectivity index (χ2n) is 2.12. The molecule has 0 saturated carbocycles. The highest BCUT2D eigenvalue weighted by Crippen LogP contribution is 1.93. The van der Waals surface area contributed by atoms with Crippen LogP contribution in [-0.4, -0.2) is 6.61 Å². The predicted octanol–water partition coefficient (Wildman–Crippen LogP) is 1.07. The maximum Gasteiger partial charge on any atom is 0.229 e. The average Bonchev–Trinajstić information content (AvgIpc) is 2.06. The summed E-state index contributed by atoms with van der Waals surface area (Å²) in [6.07, 6.45) is 5.53. The van der Waals surface area contributed by atoms with E-state index < -0.39 is 0 Å². The molecule has 11 heavy (non-hydrogen) atoms. The van der Waals surface area contributed by atoms with Crippen LogP contribution >= 0.6 is 0 Å². The van der Waals surface area contributed by atoms with E-state index in [1.807, 2.05) is 31.5 Å². The van der Waals surface area contributed by atoms with E-state index in [2.05, 4.69) is 6.58 Å². The summed E-state index contributed by atoms with van der Waals surface area (Å²) in [5, 5.41) is 0. The van der Waals surface area contributed by atoms with Crippen LogP contribution < -0.4 is 9.57 Å². The fourth-order valence-corrected chi connectivity index (χ4v) is 0.822. The Morgan fingerprint density at radius 1 is 1.73 bits per heavy atom. The van der Waals surface area contributed by atoms with E-state index in [9.17, 15) is 0 Å². The lowest BCUT2D eigenvalue weighted by molar-refractivity contribution is -0.891. The summed E-state index contributed by atoms with van der Waals surface area (Å²) >= 11 is 0. The molecule has 0 amide bonds. The van der Waals surface area contributed by atoms with Crippen molar-refractivity contribution in [3.05, 3.63) is 36.7 Å². The van der Waals surface area contributed by atoms with Crippen molar-refractivity contribution in [2.75, 3.05) is 6.61 Å². The maximum absolute atomic E-state index is 5.22. The Bertz CT molecular complexity index is 245. The Hall–Kier alpha value is -1.31. The highest BCUT2D eigenvalue weighted by molar-refractivity contribution is 5.43. The normalized spacial score (nSPS) is 9.18. The van der Waals surface area contributed by atoms with Gasteiger partial charge in [-0.3, -0.25) is 4.84 Å². The van der Waals surface area contributed by atoms with E-state index in [1.54, 1.807) is 10.8 Å². The van der Waals surface area contributed by atoms with E-state index in [1.165, 1.54) is 0 Å². The Morgan fingerprint density at radius 2 is 2.55 bits per heavy atom. The fraction of sp³-hybridized carbons (Fsp3) is 0.222. The molecule has 0 unspecified atom stereocenters. The smallest absolute Gasteiger partial charge is 0.229 e. The van der Waals surface area contributed by atoms with Crippen LogP contribution in [0.25, 0.3) is 6.08 Å². The standard InChI is InChI=1S/C9H12NO/c1-3-9-6-5-7-10(8-9)11-4-2/h3,5-8H,1,4H2,2H3/q+1. The molecule has 0 aliphatic rings. The molecule has 1 rings (SSSR count). The van der Waals surface area contributed by atoms with Gasteiger partial charge in [-0.05, 0) is 13.0 Å². The van der Waals surface area contributed by atoms with Crippen LogP contribution in [0.2, 0.25) is 0 Å². The zero-order valence-corrected chi connectivity index (χ0v) is 6.66. The number of hydrogen-bond acceptors (Lipinski definition) is 1. The lowest BCUT2D eigenvalue weighted by Crippen LogP contribution is -2.41. The lowest BCUT2D eigenvalue weighted by atomic mass is 10.3. The number of pyridine rings is 1. The number of hydrogen-bond donors (Lipinski definition) is 0. The highest BCUT2D eigenvalue weighted by Gasteiger charge is 1.98. The summed E-state index contributed by atoms with van der Waals surface area (Å²) in [5.74, 6) is 0. The molecular weight excluding hydrogens is 138 g/mol. The molecule has 0 saturated heterocycles. The average molecular weight is 150 g/mol. The molecule has 2 heteroatoms. The molecular formula is C9H12NO+. The SMILES string of the molecule is C=Cc1ccc[n+](OCC)c1. The molecule has 0 bridgehead atoms. The van der Waals surface area contributed by atoms with Gasteiger partial charge in [-0.2, -0.15) is 0 Å². The molecule has 1 heterocycles. The Balaban J connectivity index is 2.82. The van der Waals surface area contributed by atoms with Gasteiger partial charge in [0, 0.05) is 16.4 Å². The van der Waals surface area contributed by atoms with Crippen LogP contribution in [0.4, 0.5) is 0 Å². The third kappa shape index (κ3) is 2.08. The summed E-state index contributed by atoms with van der Waals surface area (Å²) in [6.45, 7) is 6.29. The number of rotatable bonds is 3. The van der Waals surface area contributed by atoms with Gasteiger partial charge in [0.2, 0.25) is 12.4 Å². The van der Waals surface area contributed by atoms with Crippen molar-refractivity contribution < 1.29 is 9.57 Å². The van der Waals surface area contributed by atoms with Gasteiger partial charge >= 0.3 is 0 Å². The van der Waals surface area contributed by atoms with E-state index >= 15 is 0 Å². The van der Waals surface area contributed by atoms with Crippen molar-refractivity contribution in [3.8, 4) is 0 Å². The molecule has 1 aromatic rings. The van der Waals surface area contributed by atoms with Gasteiger partial charge in [-0.1, -0.05) is 12.7 Å². The van der Waals surface area contributed by atoms with Crippen LogP contribution in [0.1, 0.15) is 12.5 Å². The van der Waals surface area contributed by atoms with E-state index in [4.69, 9.17) is 4.84 Å². The molecule has 0 spiro atoms. The second-order valence-corrected chi connectivity index (χ2v) is 2.12. The quantitative estimate of drug-likeness (QED) is 0.587. The van der Waals surface area contributed by atoms with Gasteiger partial charge in [0.05, 0.1) is 0 Å². The van der Waals surface area contributed by atoms with Crippen LogP contribution in [0.3, 0.4) is 0 Å². The van der Waals surface area contributed by atoms with E-state index in [-0.39, 0.29) is 0 Å². The van der Waals surface area contributed by atoms with Crippen LogP contribution in [-0.2, 0) is 0 Å². The Morgan fingerprint density at radius 3 is 3.18 bits per heavy atom. The zero-order valence-electron chi connectivity index (χ0n) is 6.66. The maximum atomic E-state index is 5.22. The van der Waals surface area contributed by atoms with Crippen molar-refractivity contribution in [2.24, 2.45) is 0 Å².